The first-order valence-electron chi connectivity index (χ1n) is 14.4. The maximum Gasteiger partial charge on any atom is 0.320 e. The molecule has 11 nitrogen and oxygen atoms in total. The van der Waals surface area contributed by atoms with E-state index >= 15 is 0 Å². The summed E-state index contributed by atoms with van der Waals surface area (Å²) in [5, 5.41) is 3.52. The van der Waals surface area contributed by atoms with Crippen LogP contribution in [0.4, 0.5) is 11.8 Å². The lowest BCUT2D eigenvalue weighted by Crippen LogP contribution is -2.32. The topological polar surface area (TPSA) is 138 Å². The van der Waals surface area contributed by atoms with Crippen LogP contribution >= 0.6 is 0 Å². The average molecular weight is 574 g/mol. The first-order chi connectivity index (χ1) is 19.7. The van der Waals surface area contributed by atoms with Crippen LogP contribution in [0.2, 0.25) is 0 Å². The van der Waals surface area contributed by atoms with Gasteiger partial charge in [-0.2, -0.15) is 4.98 Å². The average Bonchev–Trinajstić information content (AvgIpc) is 2.92. The molecule has 0 amide bonds. The molecule has 0 saturated heterocycles. The van der Waals surface area contributed by atoms with Crippen LogP contribution < -0.4 is 20.5 Å². The minimum atomic E-state index is -0.292. The molecular formula is C30H47N5O6. The molecule has 0 aliphatic heterocycles. The van der Waals surface area contributed by atoms with E-state index in [4.69, 9.17) is 24.7 Å². The minimum Gasteiger partial charge on any atom is -0.496 e. The lowest BCUT2D eigenvalue weighted by Gasteiger charge is -2.22. The number of likely N-dealkylation sites (N-methyl/N-ethyl adjacent to an activating group) is 1. The van der Waals surface area contributed by atoms with Crippen LogP contribution in [0.5, 0.6) is 11.5 Å². The zero-order valence-corrected chi connectivity index (χ0v) is 25.5. The van der Waals surface area contributed by atoms with Crippen LogP contribution in [-0.2, 0) is 25.5 Å². The van der Waals surface area contributed by atoms with E-state index in [1.54, 1.807) is 14.0 Å². The van der Waals surface area contributed by atoms with Crippen LogP contribution in [0.25, 0.3) is 0 Å². The van der Waals surface area contributed by atoms with Crippen molar-refractivity contribution in [2.75, 3.05) is 57.6 Å². The van der Waals surface area contributed by atoms with E-state index in [0.717, 1.165) is 49.2 Å². The summed E-state index contributed by atoms with van der Waals surface area (Å²) in [4.78, 5) is 33.9. The molecule has 0 saturated carbocycles. The van der Waals surface area contributed by atoms with Crippen LogP contribution in [0.15, 0.2) is 18.2 Å². The molecule has 2 rings (SSSR count). The van der Waals surface area contributed by atoms with Gasteiger partial charge < -0.3 is 30.0 Å². The van der Waals surface area contributed by atoms with Crippen molar-refractivity contribution in [2.24, 2.45) is 0 Å². The number of aryl methyl sites for hydroxylation is 1. The Kier molecular flexibility index (Phi) is 14.7. The number of anilines is 2. The van der Waals surface area contributed by atoms with Crippen molar-refractivity contribution in [1.29, 1.82) is 0 Å². The number of nitrogen functional groups attached to an aromatic ring is 1. The number of nitrogens with zero attached hydrogens (tertiary/aromatic N) is 3. The summed E-state index contributed by atoms with van der Waals surface area (Å²) < 4.78 is 21.9. The standard InChI is InChI=1S/C30H47N5O6/c1-7-11-24(14-17-40-22(5)36)33-29-26(21(4)32-30(31)34-29)18-23-12-13-25(19-27(23)38-6)41-16-10-15-35(8-2)20-28(37)39-9-3/h12-13,19,24H,7-11,14-18,20H2,1-6H3,(H3,31,32,33,34). The molecule has 41 heavy (non-hydrogen) atoms. The Bertz CT molecular complexity index is 1110. The van der Waals surface area contributed by atoms with Crippen molar-refractivity contribution in [3.63, 3.8) is 0 Å². The van der Waals surface area contributed by atoms with Crippen molar-refractivity contribution >= 4 is 23.7 Å². The summed E-state index contributed by atoms with van der Waals surface area (Å²) in [5.74, 6) is 1.77. The molecule has 0 radical (unpaired) electrons. The van der Waals surface area contributed by atoms with E-state index in [0.29, 0.717) is 50.0 Å². The molecule has 1 atom stereocenters. The zero-order valence-electron chi connectivity index (χ0n) is 25.5. The SMILES string of the molecule is CCCC(CCOC(C)=O)Nc1nc(N)nc(C)c1Cc1ccc(OCCCN(CC)CC(=O)OCC)cc1OC. The number of methoxy groups -OCH3 is 1. The lowest BCUT2D eigenvalue weighted by molar-refractivity contribution is -0.144. The minimum absolute atomic E-state index is 0.0606. The number of nitrogens with two attached hydrogens (primary N) is 1. The molecule has 3 N–H and O–H groups in total. The Hall–Kier alpha value is -3.60. The first kappa shape index (κ1) is 33.6. The van der Waals surface area contributed by atoms with E-state index in [1.807, 2.05) is 36.9 Å². The number of carbonyl (C=O) groups is 2. The molecule has 0 bridgehead atoms. The van der Waals surface area contributed by atoms with Crippen LogP contribution in [0, 0.1) is 6.92 Å². The van der Waals surface area contributed by atoms with Gasteiger partial charge in [-0.3, -0.25) is 14.5 Å². The van der Waals surface area contributed by atoms with Crippen LogP contribution in [-0.4, -0.2) is 79.4 Å². The molecular weight excluding hydrogens is 526 g/mol. The largest absolute Gasteiger partial charge is 0.496 e. The lowest BCUT2D eigenvalue weighted by atomic mass is 10.0. The molecule has 11 heteroatoms. The highest BCUT2D eigenvalue weighted by Gasteiger charge is 2.18. The van der Waals surface area contributed by atoms with Crippen LogP contribution in [0.1, 0.15) is 70.2 Å². The van der Waals surface area contributed by atoms with Crippen molar-refractivity contribution in [2.45, 2.75) is 72.8 Å². The second kappa shape index (κ2) is 18.0. The third-order valence-corrected chi connectivity index (χ3v) is 6.60. The van der Waals surface area contributed by atoms with Crippen molar-refractivity contribution in [1.82, 2.24) is 14.9 Å². The van der Waals surface area contributed by atoms with Crippen molar-refractivity contribution < 1.29 is 28.5 Å². The number of benzene rings is 1. The summed E-state index contributed by atoms with van der Waals surface area (Å²) in [6.07, 6.45) is 3.80. The molecule has 0 aliphatic carbocycles. The van der Waals surface area contributed by atoms with Gasteiger partial charge in [-0.15, -0.1) is 0 Å². The van der Waals surface area contributed by atoms with E-state index < -0.39 is 0 Å². The zero-order chi connectivity index (χ0) is 30.2. The molecule has 1 aromatic carbocycles. The fourth-order valence-electron chi connectivity index (χ4n) is 4.49. The third kappa shape index (κ3) is 11.8. The van der Waals surface area contributed by atoms with Crippen molar-refractivity contribution in [3.8, 4) is 11.5 Å². The number of ether oxygens (including phenoxy) is 4. The Balaban J connectivity index is 2.10. The summed E-state index contributed by atoms with van der Waals surface area (Å²) in [7, 11) is 1.63. The molecule has 1 heterocycles. The number of nitrogens with one attached hydrogen (secondary N) is 1. The van der Waals surface area contributed by atoms with Gasteiger partial charge in [-0.05, 0) is 44.9 Å². The van der Waals surface area contributed by atoms with E-state index in [1.165, 1.54) is 6.92 Å². The fourth-order valence-corrected chi connectivity index (χ4v) is 4.49. The Morgan fingerprint density at radius 2 is 1.88 bits per heavy atom. The van der Waals surface area contributed by atoms with Gasteiger partial charge in [0.15, 0.2) is 0 Å². The summed E-state index contributed by atoms with van der Waals surface area (Å²) >= 11 is 0. The molecule has 1 unspecified atom stereocenters. The van der Waals surface area contributed by atoms with Gasteiger partial charge in [0, 0.05) is 49.7 Å². The maximum atomic E-state index is 11.8. The highest BCUT2D eigenvalue weighted by atomic mass is 16.5. The van der Waals surface area contributed by atoms with Gasteiger partial charge >= 0.3 is 11.9 Å². The smallest absolute Gasteiger partial charge is 0.320 e. The molecule has 0 aliphatic rings. The number of rotatable bonds is 19. The highest BCUT2D eigenvalue weighted by Crippen LogP contribution is 2.30. The number of hydrogen-bond acceptors (Lipinski definition) is 11. The van der Waals surface area contributed by atoms with Crippen LogP contribution in [0.3, 0.4) is 0 Å². The summed E-state index contributed by atoms with van der Waals surface area (Å²) in [6.45, 7) is 12.3. The molecule has 1 aromatic heterocycles. The fraction of sp³-hybridized carbons (Fsp3) is 0.600. The Morgan fingerprint density at radius 3 is 2.54 bits per heavy atom. The molecule has 0 spiro atoms. The second-order valence-electron chi connectivity index (χ2n) is 9.78. The molecule has 2 aromatic rings. The Morgan fingerprint density at radius 1 is 1.10 bits per heavy atom. The number of carbonyl (C=O) groups excluding carboxylic acids is 2. The van der Waals surface area contributed by atoms with Gasteiger partial charge in [0.25, 0.3) is 0 Å². The maximum absolute atomic E-state index is 11.8. The van der Waals surface area contributed by atoms with Gasteiger partial charge in [0.2, 0.25) is 5.95 Å². The van der Waals surface area contributed by atoms with Gasteiger partial charge in [0.1, 0.15) is 17.3 Å². The van der Waals surface area contributed by atoms with E-state index in [-0.39, 0.29) is 30.5 Å². The first-order valence-corrected chi connectivity index (χ1v) is 14.4. The number of esters is 2. The van der Waals surface area contributed by atoms with E-state index in [9.17, 15) is 9.59 Å². The molecule has 0 fully saturated rings. The second-order valence-corrected chi connectivity index (χ2v) is 9.78. The summed E-state index contributed by atoms with van der Waals surface area (Å²) in [5.41, 5.74) is 8.66. The number of hydrogen-bond donors (Lipinski definition) is 2. The monoisotopic (exact) mass is 573 g/mol. The van der Waals surface area contributed by atoms with E-state index in [2.05, 4.69) is 22.2 Å². The summed E-state index contributed by atoms with van der Waals surface area (Å²) in [6, 6.07) is 5.85. The predicted molar refractivity (Wildman–Crippen MR) is 159 cm³/mol. The quantitative estimate of drug-likeness (QED) is 0.185. The molecule has 228 valence electrons. The van der Waals surface area contributed by atoms with Gasteiger partial charge in [0.05, 0.1) is 33.5 Å². The highest BCUT2D eigenvalue weighted by molar-refractivity contribution is 5.71. The van der Waals surface area contributed by atoms with Crippen molar-refractivity contribution in [3.05, 3.63) is 35.0 Å². The predicted octanol–water partition coefficient (Wildman–Crippen LogP) is 4.15. The van der Waals surface area contributed by atoms with Gasteiger partial charge in [-0.1, -0.05) is 26.3 Å². The third-order valence-electron chi connectivity index (χ3n) is 6.60. The number of aromatic nitrogens is 2. The normalized spacial score (nSPS) is 11.7. The Labute approximate surface area is 244 Å². The van der Waals surface area contributed by atoms with Gasteiger partial charge in [-0.25, -0.2) is 4.98 Å².